The van der Waals surface area contributed by atoms with Gasteiger partial charge in [0.05, 0.1) is 6.26 Å². The van der Waals surface area contributed by atoms with Crippen LogP contribution in [0.25, 0.3) is 11.0 Å². The molecule has 1 heterocycles. The Morgan fingerprint density at radius 2 is 2.29 bits per heavy atom. The zero-order chi connectivity index (χ0) is 9.97. The molecule has 2 rings (SSSR count). The highest BCUT2D eigenvalue weighted by Crippen LogP contribution is 2.19. The molecule has 0 unspecified atom stereocenters. The van der Waals surface area contributed by atoms with Crippen molar-refractivity contribution in [3.63, 3.8) is 0 Å². The standard InChI is InChI=1S/C10H8ClNO2/c11-6-10(13)12-8-2-1-7-3-4-14-9(7)5-8/h1-5H,6H2,(H,12,13). The fourth-order valence-corrected chi connectivity index (χ4v) is 1.29. The van der Waals surface area contributed by atoms with Crippen LogP contribution in [0.1, 0.15) is 0 Å². The Morgan fingerprint density at radius 3 is 3.07 bits per heavy atom. The fourth-order valence-electron chi connectivity index (χ4n) is 1.23. The third kappa shape index (κ3) is 1.72. The molecule has 0 spiro atoms. The summed E-state index contributed by atoms with van der Waals surface area (Å²) < 4.78 is 5.19. The first-order chi connectivity index (χ1) is 6.79. The van der Waals surface area contributed by atoms with Gasteiger partial charge < -0.3 is 9.73 Å². The molecule has 2 aromatic rings. The average Bonchev–Trinajstić information content (AvgIpc) is 2.64. The SMILES string of the molecule is O=C(CCl)Nc1ccc2ccoc2c1. The summed E-state index contributed by atoms with van der Waals surface area (Å²) in [6, 6.07) is 7.31. The van der Waals surface area contributed by atoms with Gasteiger partial charge >= 0.3 is 0 Å². The summed E-state index contributed by atoms with van der Waals surface area (Å²) in [5.74, 6) is -0.270. The zero-order valence-corrected chi connectivity index (χ0v) is 8.04. The summed E-state index contributed by atoms with van der Waals surface area (Å²) in [4.78, 5) is 11.0. The van der Waals surface area contributed by atoms with Crippen molar-refractivity contribution in [2.45, 2.75) is 0 Å². The highest BCUT2D eigenvalue weighted by Gasteiger charge is 2.02. The van der Waals surface area contributed by atoms with Crippen LogP contribution in [0.3, 0.4) is 0 Å². The van der Waals surface area contributed by atoms with Gasteiger partial charge in [0, 0.05) is 17.1 Å². The lowest BCUT2D eigenvalue weighted by molar-refractivity contribution is -0.113. The molecule has 4 heteroatoms. The van der Waals surface area contributed by atoms with Gasteiger partial charge in [-0.05, 0) is 18.2 Å². The maximum atomic E-state index is 11.0. The first kappa shape index (κ1) is 9.09. The Bertz CT molecular complexity index is 464. The molecule has 0 aliphatic rings. The molecule has 3 nitrogen and oxygen atoms in total. The second-order valence-corrected chi connectivity index (χ2v) is 3.12. The molecule has 0 saturated carbocycles. The maximum Gasteiger partial charge on any atom is 0.239 e. The summed E-state index contributed by atoms with van der Waals surface area (Å²) in [6.07, 6.45) is 1.61. The number of halogens is 1. The van der Waals surface area contributed by atoms with E-state index in [1.54, 1.807) is 12.3 Å². The van der Waals surface area contributed by atoms with Crippen molar-refractivity contribution in [1.82, 2.24) is 0 Å². The number of benzene rings is 1. The van der Waals surface area contributed by atoms with Gasteiger partial charge in [0.15, 0.2) is 0 Å². The molecule has 14 heavy (non-hydrogen) atoms. The van der Waals surface area contributed by atoms with E-state index in [0.29, 0.717) is 5.69 Å². The second kappa shape index (κ2) is 3.72. The van der Waals surface area contributed by atoms with Crippen LogP contribution in [0.4, 0.5) is 5.69 Å². The first-order valence-corrected chi connectivity index (χ1v) is 4.66. The van der Waals surface area contributed by atoms with E-state index >= 15 is 0 Å². The predicted molar refractivity (Wildman–Crippen MR) is 55.6 cm³/mol. The summed E-state index contributed by atoms with van der Waals surface area (Å²) in [7, 11) is 0. The number of hydrogen-bond acceptors (Lipinski definition) is 2. The highest BCUT2D eigenvalue weighted by molar-refractivity contribution is 6.29. The number of hydrogen-bond donors (Lipinski definition) is 1. The molecule has 0 bridgehead atoms. The van der Waals surface area contributed by atoms with Crippen LogP contribution in [0.5, 0.6) is 0 Å². The normalized spacial score (nSPS) is 10.4. The van der Waals surface area contributed by atoms with Crippen molar-refractivity contribution in [3.05, 3.63) is 30.5 Å². The number of furan rings is 1. The van der Waals surface area contributed by atoms with E-state index in [1.807, 2.05) is 18.2 Å². The minimum absolute atomic E-state index is 0.0454. The molecule has 1 amide bonds. The molecule has 0 radical (unpaired) electrons. The number of rotatable bonds is 2. The molecule has 0 fully saturated rings. The van der Waals surface area contributed by atoms with Gasteiger partial charge in [-0.25, -0.2) is 0 Å². The number of carbonyl (C=O) groups excluding carboxylic acids is 1. The van der Waals surface area contributed by atoms with Crippen LogP contribution in [-0.4, -0.2) is 11.8 Å². The molecule has 0 aliphatic heterocycles. The van der Waals surface area contributed by atoms with E-state index < -0.39 is 0 Å². The van der Waals surface area contributed by atoms with E-state index in [2.05, 4.69) is 5.32 Å². The van der Waals surface area contributed by atoms with E-state index in [0.717, 1.165) is 11.0 Å². The van der Waals surface area contributed by atoms with E-state index in [1.165, 1.54) is 0 Å². The van der Waals surface area contributed by atoms with Crippen molar-refractivity contribution in [2.75, 3.05) is 11.2 Å². The number of amides is 1. The minimum atomic E-state index is -0.224. The molecule has 1 N–H and O–H groups in total. The Kier molecular flexibility index (Phi) is 2.41. The topological polar surface area (TPSA) is 42.2 Å². The van der Waals surface area contributed by atoms with Crippen molar-refractivity contribution in [3.8, 4) is 0 Å². The molecule has 1 aromatic carbocycles. The number of fused-ring (bicyclic) bond motifs is 1. The lowest BCUT2D eigenvalue weighted by Crippen LogP contribution is -2.12. The molecule has 0 aliphatic carbocycles. The highest BCUT2D eigenvalue weighted by atomic mass is 35.5. The Balaban J connectivity index is 2.30. The monoisotopic (exact) mass is 209 g/mol. The average molecular weight is 210 g/mol. The van der Waals surface area contributed by atoms with Crippen LogP contribution < -0.4 is 5.32 Å². The van der Waals surface area contributed by atoms with Crippen LogP contribution in [0.2, 0.25) is 0 Å². The second-order valence-electron chi connectivity index (χ2n) is 2.86. The van der Waals surface area contributed by atoms with Crippen LogP contribution >= 0.6 is 11.6 Å². The molecule has 0 saturated heterocycles. The van der Waals surface area contributed by atoms with E-state index in [-0.39, 0.29) is 11.8 Å². The van der Waals surface area contributed by atoms with E-state index in [4.69, 9.17) is 16.0 Å². The quantitative estimate of drug-likeness (QED) is 0.773. The van der Waals surface area contributed by atoms with Crippen LogP contribution in [0.15, 0.2) is 34.9 Å². The van der Waals surface area contributed by atoms with Gasteiger partial charge in [0.1, 0.15) is 11.5 Å². The molecular formula is C10H8ClNO2. The minimum Gasteiger partial charge on any atom is -0.464 e. The number of anilines is 1. The summed E-state index contributed by atoms with van der Waals surface area (Å²) in [5, 5.41) is 3.65. The molecular weight excluding hydrogens is 202 g/mol. The summed E-state index contributed by atoms with van der Waals surface area (Å²) >= 11 is 5.36. The van der Waals surface area contributed by atoms with Crippen molar-refractivity contribution >= 4 is 34.2 Å². The third-order valence-electron chi connectivity index (χ3n) is 1.86. The lowest BCUT2D eigenvalue weighted by atomic mass is 10.2. The first-order valence-electron chi connectivity index (χ1n) is 4.12. The van der Waals surface area contributed by atoms with Gasteiger partial charge in [-0.2, -0.15) is 0 Å². The maximum absolute atomic E-state index is 11.0. The number of nitrogens with one attached hydrogen (secondary N) is 1. The van der Waals surface area contributed by atoms with Gasteiger partial charge in [0.25, 0.3) is 0 Å². The summed E-state index contributed by atoms with van der Waals surface area (Å²) in [5.41, 5.74) is 1.44. The summed E-state index contributed by atoms with van der Waals surface area (Å²) in [6.45, 7) is 0. The molecule has 72 valence electrons. The predicted octanol–water partition coefficient (Wildman–Crippen LogP) is 2.61. The van der Waals surface area contributed by atoms with Gasteiger partial charge in [-0.1, -0.05) is 0 Å². The Morgan fingerprint density at radius 1 is 1.43 bits per heavy atom. The van der Waals surface area contributed by atoms with Gasteiger partial charge in [-0.15, -0.1) is 11.6 Å². The Hall–Kier alpha value is -1.48. The lowest BCUT2D eigenvalue weighted by Gasteiger charge is -2.01. The number of alkyl halides is 1. The van der Waals surface area contributed by atoms with Crippen LogP contribution in [0, 0.1) is 0 Å². The van der Waals surface area contributed by atoms with E-state index in [9.17, 15) is 4.79 Å². The zero-order valence-electron chi connectivity index (χ0n) is 7.29. The van der Waals surface area contributed by atoms with Crippen molar-refractivity contribution in [2.24, 2.45) is 0 Å². The smallest absolute Gasteiger partial charge is 0.239 e. The largest absolute Gasteiger partial charge is 0.464 e. The number of carbonyl (C=O) groups is 1. The molecule has 1 aromatic heterocycles. The van der Waals surface area contributed by atoms with Crippen LogP contribution in [-0.2, 0) is 4.79 Å². The Labute approximate surface area is 85.7 Å². The van der Waals surface area contributed by atoms with Crippen molar-refractivity contribution in [1.29, 1.82) is 0 Å². The van der Waals surface area contributed by atoms with Gasteiger partial charge in [-0.3, -0.25) is 4.79 Å². The van der Waals surface area contributed by atoms with Gasteiger partial charge in [0.2, 0.25) is 5.91 Å². The van der Waals surface area contributed by atoms with Crippen molar-refractivity contribution < 1.29 is 9.21 Å². The molecule has 0 atom stereocenters. The third-order valence-corrected chi connectivity index (χ3v) is 2.10. The fraction of sp³-hybridized carbons (Fsp3) is 0.100.